The Morgan fingerprint density at radius 1 is 1.50 bits per heavy atom. The van der Waals surface area contributed by atoms with Crippen LogP contribution in [0, 0.1) is 17.8 Å². The van der Waals surface area contributed by atoms with Crippen molar-refractivity contribution in [1.82, 2.24) is 0 Å². The fourth-order valence-electron chi connectivity index (χ4n) is 3.58. The molecule has 0 spiro atoms. The number of carbonyl (C=O) groups is 1. The Labute approximate surface area is 72.3 Å². The molecule has 4 rings (SSSR count). The van der Waals surface area contributed by atoms with Gasteiger partial charge in [-0.25, -0.2) is 0 Å². The third-order valence-corrected chi connectivity index (χ3v) is 4.19. The van der Waals surface area contributed by atoms with Crippen LogP contribution in [0.3, 0.4) is 0 Å². The molecule has 12 heavy (non-hydrogen) atoms. The standard InChI is InChI=1S/C10H14O2/c1-10-4-6-2-7(10)3-9(12-10)8(6)5-11/h5-9H,2-4H2,1H3. The molecule has 0 aromatic carbocycles. The van der Waals surface area contributed by atoms with Crippen molar-refractivity contribution in [2.75, 3.05) is 0 Å². The van der Waals surface area contributed by atoms with Crippen molar-refractivity contribution in [2.45, 2.75) is 37.9 Å². The highest BCUT2D eigenvalue weighted by molar-refractivity contribution is 5.56. The van der Waals surface area contributed by atoms with Crippen LogP contribution < -0.4 is 0 Å². The molecule has 66 valence electrons. The van der Waals surface area contributed by atoms with Gasteiger partial charge in [0.1, 0.15) is 6.29 Å². The number of aldehydes is 1. The molecule has 2 aliphatic carbocycles. The second kappa shape index (κ2) is 1.92. The van der Waals surface area contributed by atoms with Gasteiger partial charge >= 0.3 is 0 Å². The summed E-state index contributed by atoms with van der Waals surface area (Å²) in [5, 5.41) is 0. The van der Waals surface area contributed by atoms with Crippen LogP contribution in [-0.4, -0.2) is 18.0 Å². The first-order chi connectivity index (χ1) is 5.73. The fraction of sp³-hybridized carbons (Fsp3) is 0.900. The Hall–Kier alpha value is -0.370. The van der Waals surface area contributed by atoms with Gasteiger partial charge in [0, 0.05) is 5.92 Å². The van der Waals surface area contributed by atoms with E-state index in [-0.39, 0.29) is 17.6 Å². The second-order valence-electron chi connectivity index (χ2n) is 4.81. The van der Waals surface area contributed by atoms with E-state index in [1.54, 1.807) is 0 Å². The lowest BCUT2D eigenvalue weighted by atomic mass is 9.79. The first-order valence-corrected chi connectivity index (χ1v) is 4.86. The van der Waals surface area contributed by atoms with Gasteiger partial charge in [0.15, 0.2) is 0 Å². The van der Waals surface area contributed by atoms with E-state index in [9.17, 15) is 4.79 Å². The van der Waals surface area contributed by atoms with Gasteiger partial charge in [0.2, 0.25) is 0 Å². The molecule has 5 atom stereocenters. The molecule has 2 heteroatoms. The van der Waals surface area contributed by atoms with Crippen molar-refractivity contribution in [3.8, 4) is 0 Å². The number of hydrogen-bond donors (Lipinski definition) is 0. The third kappa shape index (κ3) is 0.634. The molecule has 0 N–H and O–H groups in total. The summed E-state index contributed by atoms with van der Waals surface area (Å²) >= 11 is 0. The Balaban J connectivity index is 1.98. The minimum Gasteiger partial charge on any atom is -0.371 e. The van der Waals surface area contributed by atoms with Crippen molar-refractivity contribution in [3.63, 3.8) is 0 Å². The van der Waals surface area contributed by atoms with Gasteiger partial charge < -0.3 is 9.53 Å². The van der Waals surface area contributed by atoms with Gasteiger partial charge in [0.05, 0.1) is 11.7 Å². The summed E-state index contributed by atoms with van der Waals surface area (Å²) in [5.41, 5.74) is 0.148. The molecular weight excluding hydrogens is 152 g/mol. The zero-order valence-electron chi connectivity index (χ0n) is 7.32. The monoisotopic (exact) mass is 166 g/mol. The maximum Gasteiger partial charge on any atom is 0.125 e. The van der Waals surface area contributed by atoms with E-state index in [0.717, 1.165) is 25.0 Å². The molecule has 2 aliphatic heterocycles. The molecule has 4 aliphatic rings. The van der Waals surface area contributed by atoms with Crippen LogP contribution in [0.4, 0.5) is 0 Å². The molecule has 2 heterocycles. The van der Waals surface area contributed by atoms with Crippen LogP contribution in [0.2, 0.25) is 0 Å². The number of carbonyl (C=O) groups excluding carboxylic acids is 1. The lowest BCUT2D eigenvalue weighted by Crippen LogP contribution is -2.38. The van der Waals surface area contributed by atoms with Crippen LogP contribution in [-0.2, 0) is 9.53 Å². The largest absolute Gasteiger partial charge is 0.371 e. The van der Waals surface area contributed by atoms with E-state index in [2.05, 4.69) is 6.92 Å². The van der Waals surface area contributed by atoms with Gasteiger partial charge in [-0.2, -0.15) is 0 Å². The molecule has 0 aromatic heterocycles. The summed E-state index contributed by atoms with van der Waals surface area (Å²) < 4.78 is 5.91. The van der Waals surface area contributed by atoms with Gasteiger partial charge in [-0.1, -0.05) is 0 Å². The molecule has 0 amide bonds. The first kappa shape index (κ1) is 7.07. The van der Waals surface area contributed by atoms with Crippen LogP contribution in [0.5, 0.6) is 0 Å². The smallest absolute Gasteiger partial charge is 0.125 e. The number of rotatable bonds is 1. The Kier molecular flexibility index (Phi) is 1.13. The van der Waals surface area contributed by atoms with Crippen molar-refractivity contribution in [3.05, 3.63) is 0 Å². The van der Waals surface area contributed by atoms with Crippen molar-refractivity contribution in [1.29, 1.82) is 0 Å². The zero-order chi connectivity index (χ0) is 8.34. The van der Waals surface area contributed by atoms with Crippen molar-refractivity contribution >= 4 is 6.29 Å². The molecule has 2 saturated carbocycles. The van der Waals surface area contributed by atoms with E-state index in [1.807, 2.05) is 0 Å². The fourth-order valence-corrected chi connectivity index (χ4v) is 3.58. The van der Waals surface area contributed by atoms with E-state index in [0.29, 0.717) is 5.92 Å². The summed E-state index contributed by atoms with van der Waals surface area (Å²) in [5.74, 6) is 1.62. The minimum atomic E-state index is 0.148. The van der Waals surface area contributed by atoms with Crippen LogP contribution >= 0.6 is 0 Å². The number of ether oxygens (including phenoxy) is 1. The topological polar surface area (TPSA) is 26.3 Å². The quantitative estimate of drug-likeness (QED) is 0.550. The van der Waals surface area contributed by atoms with Crippen molar-refractivity contribution in [2.24, 2.45) is 17.8 Å². The summed E-state index contributed by atoms with van der Waals surface area (Å²) in [6.45, 7) is 2.22. The maximum absolute atomic E-state index is 10.8. The van der Waals surface area contributed by atoms with E-state index < -0.39 is 0 Å². The second-order valence-corrected chi connectivity index (χ2v) is 4.81. The summed E-state index contributed by atoms with van der Waals surface area (Å²) in [4.78, 5) is 10.8. The van der Waals surface area contributed by atoms with Crippen molar-refractivity contribution < 1.29 is 9.53 Å². The average Bonchev–Trinajstić information content (AvgIpc) is 2.37. The highest BCUT2D eigenvalue weighted by atomic mass is 16.5. The highest BCUT2D eigenvalue weighted by Crippen LogP contribution is 2.59. The minimum absolute atomic E-state index is 0.148. The summed E-state index contributed by atoms with van der Waals surface area (Å²) in [7, 11) is 0. The first-order valence-electron chi connectivity index (χ1n) is 4.86. The zero-order valence-corrected chi connectivity index (χ0v) is 7.32. The van der Waals surface area contributed by atoms with E-state index >= 15 is 0 Å². The highest BCUT2D eigenvalue weighted by Gasteiger charge is 2.60. The summed E-state index contributed by atoms with van der Waals surface area (Å²) in [6.07, 6.45) is 4.88. The average molecular weight is 166 g/mol. The Morgan fingerprint density at radius 2 is 2.33 bits per heavy atom. The lowest BCUT2D eigenvalue weighted by molar-refractivity contribution is -0.131. The molecule has 4 bridgehead atoms. The van der Waals surface area contributed by atoms with Crippen LogP contribution in [0.15, 0.2) is 0 Å². The maximum atomic E-state index is 10.8. The molecule has 4 fully saturated rings. The van der Waals surface area contributed by atoms with Crippen LogP contribution in [0.1, 0.15) is 26.2 Å². The summed E-state index contributed by atoms with van der Waals surface area (Å²) in [6, 6.07) is 0. The Bertz CT molecular complexity index is 220. The van der Waals surface area contributed by atoms with Gasteiger partial charge in [-0.3, -0.25) is 0 Å². The van der Waals surface area contributed by atoms with Gasteiger partial charge in [-0.15, -0.1) is 0 Å². The Morgan fingerprint density at radius 3 is 2.92 bits per heavy atom. The molecular formula is C10H14O2. The van der Waals surface area contributed by atoms with Gasteiger partial charge in [-0.05, 0) is 38.0 Å². The molecule has 0 aromatic rings. The van der Waals surface area contributed by atoms with Gasteiger partial charge in [0.25, 0.3) is 0 Å². The predicted molar refractivity (Wildman–Crippen MR) is 43.7 cm³/mol. The normalized spacial score (nSPS) is 61.1. The van der Waals surface area contributed by atoms with E-state index in [1.165, 1.54) is 6.42 Å². The van der Waals surface area contributed by atoms with E-state index in [4.69, 9.17) is 4.74 Å². The SMILES string of the molecule is CC12CC3CC1CC(O2)C3C=O. The third-order valence-electron chi connectivity index (χ3n) is 4.19. The molecule has 2 saturated heterocycles. The number of hydrogen-bond acceptors (Lipinski definition) is 2. The molecule has 2 nitrogen and oxygen atoms in total. The molecule has 0 radical (unpaired) electrons. The lowest BCUT2D eigenvalue weighted by Gasteiger charge is -2.34. The van der Waals surface area contributed by atoms with Crippen LogP contribution in [0.25, 0.3) is 0 Å². The molecule has 5 unspecified atom stereocenters. The predicted octanol–water partition coefficient (Wildman–Crippen LogP) is 1.39.